The maximum absolute atomic E-state index is 12.1. The van der Waals surface area contributed by atoms with Crippen LogP contribution in [0.15, 0.2) is 12.2 Å². The van der Waals surface area contributed by atoms with Crippen molar-refractivity contribution in [1.29, 1.82) is 0 Å². The molecule has 0 amide bonds. The van der Waals surface area contributed by atoms with Crippen molar-refractivity contribution in [2.45, 2.75) is 79.2 Å². The number of ether oxygens (including phenoxy) is 2. The van der Waals surface area contributed by atoms with Crippen LogP contribution >= 0.6 is 0 Å². The zero-order chi connectivity index (χ0) is 20.7. The van der Waals surface area contributed by atoms with Gasteiger partial charge in [0, 0.05) is 25.8 Å². The first-order valence-electron chi connectivity index (χ1n) is 9.92. The van der Waals surface area contributed by atoms with Crippen LogP contribution in [0, 0.1) is 5.41 Å². The maximum atomic E-state index is 12.1. The van der Waals surface area contributed by atoms with Gasteiger partial charge < -0.3 is 14.8 Å². The lowest BCUT2D eigenvalue weighted by molar-refractivity contribution is -0.146. The molecule has 1 N–H and O–H groups in total. The third kappa shape index (κ3) is 15.1. The zero-order valence-electron chi connectivity index (χ0n) is 17.6. The van der Waals surface area contributed by atoms with Crippen molar-refractivity contribution in [3.05, 3.63) is 12.2 Å². The predicted octanol–water partition coefficient (Wildman–Crippen LogP) is 3.58. The third-order valence-electron chi connectivity index (χ3n) is 3.69. The summed E-state index contributed by atoms with van der Waals surface area (Å²) >= 11 is 0. The minimum atomic E-state index is -0.464. The van der Waals surface area contributed by atoms with E-state index in [9.17, 15) is 14.4 Å². The number of hydrogen-bond donors (Lipinski definition) is 1. The Labute approximate surface area is 164 Å². The van der Waals surface area contributed by atoms with Gasteiger partial charge in [0.15, 0.2) is 0 Å². The highest BCUT2D eigenvalue weighted by Crippen LogP contribution is 2.19. The lowest BCUT2D eigenvalue weighted by Gasteiger charge is -2.18. The van der Waals surface area contributed by atoms with Gasteiger partial charge in [0.2, 0.25) is 0 Å². The van der Waals surface area contributed by atoms with Gasteiger partial charge in [-0.25, -0.2) is 0 Å². The van der Waals surface area contributed by atoms with Crippen molar-refractivity contribution in [2.75, 3.05) is 19.8 Å². The largest absolute Gasteiger partial charge is 0.466 e. The van der Waals surface area contributed by atoms with E-state index < -0.39 is 6.04 Å². The molecule has 0 spiro atoms. The van der Waals surface area contributed by atoms with Crippen LogP contribution in [0.2, 0.25) is 0 Å². The van der Waals surface area contributed by atoms with Crippen molar-refractivity contribution in [2.24, 2.45) is 5.41 Å². The number of rotatable bonds is 14. The summed E-state index contributed by atoms with van der Waals surface area (Å²) in [5.74, 6) is -0.305. The van der Waals surface area contributed by atoms with Gasteiger partial charge in [-0.05, 0) is 38.5 Å². The van der Waals surface area contributed by atoms with E-state index in [2.05, 4.69) is 5.32 Å². The topological polar surface area (TPSA) is 81.7 Å². The van der Waals surface area contributed by atoms with Gasteiger partial charge in [-0.1, -0.05) is 32.9 Å². The Balaban J connectivity index is 4.28. The monoisotopic (exact) mass is 383 g/mol. The molecule has 0 saturated heterocycles. The molecule has 1 atom stereocenters. The van der Waals surface area contributed by atoms with Crippen molar-refractivity contribution < 1.29 is 23.9 Å². The second-order valence-corrected chi connectivity index (χ2v) is 7.69. The van der Waals surface area contributed by atoms with Crippen molar-refractivity contribution in [1.82, 2.24) is 5.32 Å². The number of allylic oxidation sites excluding steroid dienone is 1. The molecule has 156 valence electrons. The summed E-state index contributed by atoms with van der Waals surface area (Å²) in [5, 5.41) is 3.13. The molecule has 27 heavy (non-hydrogen) atoms. The Hall–Kier alpha value is -1.69. The Morgan fingerprint density at radius 1 is 1.00 bits per heavy atom. The SMILES string of the molecule is CCOC(=O)CCC/C=C\CC(NCCC(=O)CC(C)(C)C)C(=O)OCC. The van der Waals surface area contributed by atoms with Crippen molar-refractivity contribution >= 4 is 17.7 Å². The van der Waals surface area contributed by atoms with Crippen LogP contribution in [0.4, 0.5) is 0 Å². The van der Waals surface area contributed by atoms with Gasteiger partial charge in [0.05, 0.1) is 13.2 Å². The molecule has 0 aromatic heterocycles. The highest BCUT2D eigenvalue weighted by atomic mass is 16.5. The van der Waals surface area contributed by atoms with Crippen LogP contribution in [0.25, 0.3) is 0 Å². The molecule has 0 aromatic carbocycles. The van der Waals surface area contributed by atoms with Crippen LogP contribution in [0.5, 0.6) is 0 Å². The fraction of sp³-hybridized carbons (Fsp3) is 0.762. The van der Waals surface area contributed by atoms with Crippen molar-refractivity contribution in [3.63, 3.8) is 0 Å². The van der Waals surface area contributed by atoms with E-state index >= 15 is 0 Å². The maximum Gasteiger partial charge on any atom is 0.323 e. The zero-order valence-corrected chi connectivity index (χ0v) is 17.6. The average molecular weight is 384 g/mol. The first-order valence-corrected chi connectivity index (χ1v) is 9.92. The molecule has 0 aliphatic rings. The standard InChI is InChI=1S/C21H37NO5/c1-6-26-19(24)13-11-9-8-10-12-18(20(25)27-7-2)22-15-14-17(23)16-21(3,4)5/h8,10,18,22H,6-7,9,11-16H2,1-5H3/b10-8-. The molecule has 0 bridgehead atoms. The van der Waals surface area contributed by atoms with Gasteiger partial charge in [-0.2, -0.15) is 0 Å². The fourth-order valence-corrected chi connectivity index (χ4v) is 2.52. The normalized spacial score (nSPS) is 12.8. The van der Waals surface area contributed by atoms with E-state index in [-0.39, 0.29) is 23.1 Å². The minimum absolute atomic E-state index is 0.0239. The number of Topliss-reactive ketones (excluding diaryl/α,β-unsaturated/α-hetero) is 1. The summed E-state index contributed by atoms with van der Waals surface area (Å²) in [7, 11) is 0. The Morgan fingerprint density at radius 3 is 2.26 bits per heavy atom. The number of nitrogens with one attached hydrogen (secondary N) is 1. The molecule has 0 saturated carbocycles. The van der Waals surface area contributed by atoms with Crippen molar-refractivity contribution in [3.8, 4) is 0 Å². The molecular formula is C21H37NO5. The van der Waals surface area contributed by atoms with Crippen LogP contribution in [-0.2, 0) is 23.9 Å². The van der Waals surface area contributed by atoms with Gasteiger partial charge in [-0.15, -0.1) is 0 Å². The number of carbonyl (C=O) groups is 3. The van der Waals surface area contributed by atoms with Crippen LogP contribution in [-0.4, -0.2) is 43.5 Å². The highest BCUT2D eigenvalue weighted by Gasteiger charge is 2.19. The van der Waals surface area contributed by atoms with Crippen LogP contribution < -0.4 is 5.32 Å². The van der Waals surface area contributed by atoms with Gasteiger partial charge in [0.1, 0.15) is 11.8 Å². The van der Waals surface area contributed by atoms with Crippen LogP contribution in [0.1, 0.15) is 73.1 Å². The number of ketones is 1. The lowest BCUT2D eigenvalue weighted by Crippen LogP contribution is -2.39. The molecule has 6 nitrogen and oxygen atoms in total. The molecule has 0 aliphatic carbocycles. The summed E-state index contributed by atoms with van der Waals surface area (Å²) in [5.41, 5.74) is -0.0239. The number of carbonyl (C=O) groups excluding carboxylic acids is 3. The average Bonchev–Trinajstić information content (AvgIpc) is 2.55. The fourth-order valence-electron chi connectivity index (χ4n) is 2.52. The smallest absolute Gasteiger partial charge is 0.323 e. The number of hydrogen-bond acceptors (Lipinski definition) is 6. The summed E-state index contributed by atoms with van der Waals surface area (Å²) in [6.07, 6.45) is 7.15. The first kappa shape index (κ1) is 25.3. The summed E-state index contributed by atoms with van der Waals surface area (Å²) in [6, 6.07) is -0.464. The molecule has 0 radical (unpaired) electrons. The predicted molar refractivity (Wildman–Crippen MR) is 106 cm³/mol. The Bertz CT molecular complexity index is 479. The number of unbranched alkanes of at least 4 members (excludes halogenated alkanes) is 1. The first-order chi connectivity index (χ1) is 12.7. The number of esters is 2. The molecule has 0 aromatic rings. The quantitative estimate of drug-likeness (QED) is 0.280. The van der Waals surface area contributed by atoms with E-state index in [4.69, 9.17) is 9.47 Å². The summed E-state index contributed by atoms with van der Waals surface area (Å²) in [4.78, 5) is 35.3. The second-order valence-electron chi connectivity index (χ2n) is 7.69. The molecule has 6 heteroatoms. The van der Waals surface area contributed by atoms with E-state index in [1.54, 1.807) is 13.8 Å². The van der Waals surface area contributed by atoms with E-state index in [0.717, 1.165) is 6.42 Å². The van der Waals surface area contributed by atoms with Gasteiger partial charge in [0.25, 0.3) is 0 Å². The van der Waals surface area contributed by atoms with E-state index in [0.29, 0.717) is 51.9 Å². The molecule has 0 heterocycles. The molecule has 0 fully saturated rings. The van der Waals surface area contributed by atoms with E-state index in [1.165, 1.54) is 0 Å². The molecule has 1 unspecified atom stereocenters. The Morgan fingerprint density at radius 2 is 1.67 bits per heavy atom. The minimum Gasteiger partial charge on any atom is -0.466 e. The van der Waals surface area contributed by atoms with Gasteiger partial charge in [-0.3, -0.25) is 14.4 Å². The van der Waals surface area contributed by atoms with E-state index in [1.807, 2.05) is 32.9 Å². The van der Waals surface area contributed by atoms with Gasteiger partial charge >= 0.3 is 11.9 Å². The lowest BCUT2D eigenvalue weighted by atomic mass is 9.89. The van der Waals surface area contributed by atoms with Crippen LogP contribution in [0.3, 0.4) is 0 Å². The summed E-state index contributed by atoms with van der Waals surface area (Å²) in [6.45, 7) is 10.8. The molecule has 0 aliphatic heterocycles. The second kappa shape index (κ2) is 14.4. The Kier molecular flexibility index (Phi) is 13.5. The summed E-state index contributed by atoms with van der Waals surface area (Å²) < 4.78 is 9.97. The molecular weight excluding hydrogens is 346 g/mol. The third-order valence-corrected chi connectivity index (χ3v) is 3.69. The molecule has 0 rings (SSSR count). The highest BCUT2D eigenvalue weighted by molar-refractivity contribution is 5.79.